The first kappa shape index (κ1) is 13.1. The Bertz CT molecular complexity index is 421. The Kier molecular flexibility index (Phi) is 4.07. The van der Waals surface area contributed by atoms with Crippen molar-refractivity contribution < 1.29 is 14.3 Å². The Morgan fingerprint density at radius 1 is 1.56 bits per heavy atom. The molecule has 1 fully saturated rings. The standard InChI is InChI=1S/C14H21NO3/c1-3-15(8-11-5-4-6-11)9-12-7-13(14(16)17)18-10(12)2/h7,11H,3-6,8-9H2,1-2H3,(H,16,17). The van der Waals surface area contributed by atoms with Gasteiger partial charge in [-0.3, -0.25) is 4.90 Å². The quantitative estimate of drug-likeness (QED) is 0.844. The Labute approximate surface area is 108 Å². The van der Waals surface area contributed by atoms with Gasteiger partial charge >= 0.3 is 5.97 Å². The number of aryl methyl sites for hydroxylation is 1. The van der Waals surface area contributed by atoms with Gasteiger partial charge in [-0.05, 0) is 38.3 Å². The van der Waals surface area contributed by atoms with Crippen molar-refractivity contribution in [2.75, 3.05) is 13.1 Å². The van der Waals surface area contributed by atoms with Crippen molar-refractivity contribution in [3.05, 3.63) is 23.2 Å². The van der Waals surface area contributed by atoms with Crippen molar-refractivity contribution in [2.45, 2.75) is 39.7 Å². The molecule has 0 spiro atoms. The molecule has 100 valence electrons. The summed E-state index contributed by atoms with van der Waals surface area (Å²) in [6.45, 7) is 6.87. The molecule has 0 atom stereocenters. The molecule has 1 heterocycles. The second kappa shape index (κ2) is 5.57. The molecular formula is C14H21NO3. The summed E-state index contributed by atoms with van der Waals surface area (Å²) in [5, 5.41) is 8.90. The Balaban J connectivity index is 1.99. The Morgan fingerprint density at radius 3 is 2.72 bits per heavy atom. The van der Waals surface area contributed by atoms with E-state index in [9.17, 15) is 4.79 Å². The van der Waals surface area contributed by atoms with Gasteiger partial charge in [-0.25, -0.2) is 4.79 Å². The molecule has 2 rings (SSSR count). The van der Waals surface area contributed by atoms with Crippen molar-refractivity contribution in [2.24, 2.45) is 5.92 Å². The largest absolute Gasteiger partial charge is 0.475 e. The summed E-state index contributed by atoms with van der Waals surface area (Å²) in [6, 6.07) is 1.65. The molecule has 0 amide bonds. The number of carboxylic acids is 1. The van der Waals surface area contributed by atoms with Crippen molar-refractivity contribution in [1.82, 2.24) is 4.90 Å². The average molecular weight is 251 g/mol. The van der Waals surface area contributed by atoms with E-state index < -0.39 is 5.97 Å². The van der Waals surface area contributed by atoms with Crippen LogP contribution in [0.25, 0.3) is 0 Å². The molecule has 1 aliphatic rings. The van der Waals surface area contributed by atoms with E-state index in [2.05, 4.69) is 11.8 Å². The van der Waals surface area contributed by atoms with E-state index in [-0.39, 0.29) is 5.76 Å². The van der Waals surface area contributed by atoms with E-state index in [1.165, 1.54) is 19.3 Å². The van der Waals surface area contributed by atoms with Crippen molar-refractivity contribution in [3.63, 3.8) is 0 Å². The van der Waals surface area contributed by atoms with Crippen molar-refractivity contribution in [1.29, 1.82) is 0 Å². The minimum Gasteiger partial charge on any atom is -0.475 e. The lowest BCUT2D eigenvalue weighted by Crippen LogP contribution is -2.32. The lowest BCUT2D eigenvalue weighted by Gasteiger charge is -2.31. The topological polar surface area (TPSA) is 53.7 Å². The van der Waals surface area contributed by atoms with Crippen LogP contribution in [0.3, 0.4) is 0 Å². The average Bonchev–Trinajstić information content (AvgIpc) is 2.63. The molecule has 0 unspecified atom stereocenters. The Hall–Kier alpha value is -1.29. The summed E-state index contributed by atoms with van der Waals surface area (Å²) >= 11 is 0. The lowest BCUT2D eigenvalue weighted by atomic mass is 9.85. The Morgan fingerprint density at radius 2 is 2.28 bits per heavy atom. The molecule has 4 heteroatoms. The van der Waals surface area contributed by atoms with E-state index in [0.29, 0.717) is 0 Å². The van der Waals surface area contributed by atoms with Crippen LogP contribution in [-0.4, -0.2) is 29.1 Å². The first-order chi connectivity index (χ1) is 8.60. The van der Waals surface area contributed by atoms with Crippen molar-refractivity contribution in [3.8, 4) is 0 Å². The second-order valence-corrected chi connectivity index (χ2v) is 5.12. The predicted molar refractivity (Wildman–Crippen MR) is 68.7 cm³/mol. The molecule has 1 saturated carbocycles. The summed E-state index contributed by atoms with van der Waals surface area (Å²) in [4.78, 5) is 13.2. The maximum absolute atomic E-state index is 10.8. The summed E-state index contributed by atoms with van der Waals surface area (Å²) in [5.74, 6) is 0.601. The number of carboxylic acid groups (broad SMARTS) is 1. The van der Waals surface area contributed by atoms with E-state index in [1.54, 1.807) is 6.07 Å². The number of hydrogen-bond acceptors (Lipinski definition) is 3. The zero-order chi connectivity index (χ0) is 13.1. The second-order valence-electron chi connectivity index (χ2n) is 5.12. The highest BCUT2D eigenvalue weighted by Crippen LogP contribution is 2.28. The summed E-state index contributed by atoms with van der Waals surface area (Å²) in [6.07, 6.45) is 4.03. The van der Waals surface area contributed by atoms with Crippen LogP contribution in [0.1, 0.15) is 48.1 Å². The SMILES string of the molecule is CCN(Cc1cc(C(=O)O)oc1C)CC1CCC1. The minimum absolute atomic E-state index is 0.0437. The van der Waals surface area contributed by atoms with Crippen LogP contribution in [0.15, 0.2) is 10.5 Å². The molecule has 4 nitrogen and oxygen atoms in total. The lowest BCUT2D eigenvalue weighted by molar-refractivity contribution is 0.0661. The molecule has 0 bridgehead atoms. The molecule has 0 aliphatic heterocycles. The van der Waals surface area contributed by atoms with Gasteiger partial charge in [0.1, 0.15) is 5.76 Å². The third kappa shape index (κ3) is 2.93. The van der Waals surface area contributed by atoms with Gasteiger partial charge in [0.25, 0.3) is 0 Å². The van der Waals surface area contributed by atoms with Gasteiger partial charge in [0.15, 0.2) is 0 Å². The van der Waals surface area contributed by atoms with Gasteiger partial charge in [0, 0.05) is 18.7 Å². The maximum atomic E-state index is 10.8. The van der Waals surface area contributed by atoms with Gasteiger partial charge in [-0.1, -0.05) is 13.3 Å². The highest BCUT2D eigenvalue weighted by atomic mass is 16.4. The highest BCUT2D eigenvalue weighted by molar-refractivity contribution is 5.84. The van der Waals surface area contributed by atoms with Crippen LogP contribution in [0.5, 0.6) is 0 Å². The molecule has 0 radical (unpaired) electrons. The molecule has 1 N–H and O–H groups in total. The van der Waals surface area contributed by atoms with Crippen LogP contribution in [0, 0.1) is 12.8 Å². The normalized spacial score (nSPS) is 15.9. The number of nitrogens with zero attached hydrogens (tertiary/aromatic N) is 1. The van der Waals surface area contributed by atoms with Gasteiger partial charge in [0.05, 0.1) is 0 Å². The molecule has 0 saturated heterocycles. The number of hydrogen-bond donors (Lipinski definition) is 1. The van der Waals surface area contributed by atoms with Gasteiger partial charge in [-0.2, -0.15) is 0 Å². The number of rotatable bonds is 6. The number of furan rings is 1. The molecule has 0 aromatic carbocycles. The third-order valence-electron chi connectivity index (χ3n) is 3.81. The summed E-state index contributed by atoms with van der Waals surface area (Å²) in [7, 11) is 0. The summed E-state index contributed by atoms with van der Waals surface area (Å²) in [5.41, 5.74) is 0.994. The fraction of sp³-hybridized carbons (Fsp3) is 0.643. The zero-order valence-electron chi connectivity index (χ0n) is 11.1. The first-order valence-corrected chi connectivity index (χ1v) is 6.65. The fourth-order valence-corrected chi connectivity index (χ4v) is 2.37. The van der Waals surface area contributed by atoms with E-state index in [0.717, 1.165) is 36.9 Å². The zero-order valence-corrected chi connectivity index (χ0v) is 11.1. The van der Waals surface area contributed by atoms with Crippen LogP contribution in [0.2, 0.25) is 0 Å². The summed E-state index contributed by atoms with van der Waals surface area (Å²) < 4.78 is 5.24. The fourth-order valence-electron chi connectivity index (χ4n) is 2.37. The van der Waals surface area contributed by atoms with Crippen LogP contribution in [-0.2, 0) is 6.54 Å². The highest BCUT2D eigenvalue weighted by Gasteiger charge is 2.21. The van der Waals surface area contributed by atoms with E-state index in [1.807, 2.05) is 6.92 Å². The maximum Gasteiger partial charge on any atom is 0.371 e. The number of carbonyl (C=O) groups is 1. The smallest absolute Gasteiger partial charge is 0.371 e. The molecule has 1 aromatic heterocycles. The van der Waals surface area contributed by atoms with Gasteiger partial charge in [0.2, 0.25) is 5.76 Å². The molecule has 1 aromatic rings. The monoisotopic (exact) mass is 251 g/mol. The molecular weight excluding hydrogens is 230 g/mol. The van der Waals surface area contributed by atoms with Gasteiger partial charge < -0.3 is 9.52 Å². The van der Waals surface area contributed by atoms with Gasteiger partial charge in [-0.15, -0.1) is 0 Å². The van der Waals surface area contributed by atoms with E-state index in [4.69, 9.17) is 9.52 Å². The molecule has 18 heavy (non-hydrogen) atoms. The van der Waals surface area contributed by atoms with Crippen LogP contribution < -0.4 is 0 Å². The predicted octanol–water partition coefficient (Wildman–Crippen LogP) is 2.91. The number of aromatic carboxylic acids is 1. The third-order valence-corrected chi connectivity index (χ3v) is 3.81. The minimum atomic E-state index is -0.994. The van der Waals surface area contributed by atoms with E-state index >= 15 is 0 Å². The van der Waals surface area contributed by atoms with Crippen molar-refractivity contribution >= 4 is 5.97 Å². The first-order valence-electron chi connectivity index (χ1n) is 6.65. The van der Waals surface area contributed by atoms with Crippen LogP contribution in [0.4, 0.5) is 0 Å². The van der Waals surface area contributed by atoms with Crippen LogP contribution >= 0.6 is 0 Å². The molecule has 1 aliphatic carbocycles.